The fourth-order valence-electron chi connectivity index (χ4n) is 4.43. The molecule has 0 aliphatic heterocycles. The zero-order chi connectivity index (χ0) is 22.5. The van der Waals surface area contributed by atoms with E-state index in [1.54, 1.807) is 26.4 Å². The molecular formula is C28H28O4. The van der Waals surface area contributed by atoms with Gasteiger partial charge in [-0.2, -0.15) is 0 Å². The number of aromatic carboxylic acids is 1. The fourth-order valence-corrected chi connectivity index (χ4v) is 4.43. The van der Waals surface area contributed by atoms with Gasteiger partial charge in [0.25, 0.3) is 0 Å². The Bertz CT molecular complexity index is 1120. The smallest absolute Gasteiger partial charge is 0.335 e. The number of carboxylic acid groups (broad SMARTS) is 1. The van der Waals surface area contributed by atoms with Crippen molar-refractivity contribution in [2.45, 2.75) is 32.1 Å². The van der Waals surface area contributed by atoms with Crippen LogP contribution < -0.4 is 9.47 Å². The van der Waals surface area contributed by atoms with E-state index in [1.165, 1.54) is 22.3 Å². The topological polar surface area (TPSA) is 55.8 Å². The van der Waals surface area contributed by atoms with Gasteiger partial charge < -0.3 is 14.6 Å². The Morgan fingerprint density at radius 1 is 0.938 bits per heavy atom. The first kappa shape index (κ1) is 21.7. The third-order valence-electron chi connectivity index (χ3n) is 6.05. The number of ether oxygens (including phenoxy) is 2. The number of hydrogen-bond donors (Lipinski definition) is 1. The molecule has 1 aliphatic rings. The first-order chi connectivity index (χ1) is 15.6. The van der Waals surface area contributed by atoms with Crippen LogP contribution in [0.3, 0.4) is 0 Å². The molecule has 164 valence electrons. The van der Waals surface area contributed by atoms with E-state index < -0.39 is 5.97 Å². The molecule has 0 aromatic heterocycles. The van der Waals surface area contributed by atoms with Crippen LogP contribution in [0.1, 0.15) is 51.0 Å². The molecule has 0 spiro atoms. The number of allylic oxidation sites excluding steroid dienone is 1. The van der Waals surface area contributed by atoms with Gasteiger partial charge in [-0.05, 0) is 89.8 Å². The first-order valence-corrected chi connectivity index (χ1v) is 10.9. The Hall–Kier alpha value is -3.53. The molecule has 0 radical (unpaired) electrons. The summed E-state index contributed by atoms with van der Waals surface area (Å²) in [4.78, 5) is 11.1. The largest absolute Gasteiger partial charge is 0.497 e. The third kappa shape index (κ3) is 4.86. The summed E-state index contributed by atoms with van der Waals surface area (Å²) in [5.74, 6) is 0.674. The van der Waals surface area contributed by atoms with E-state index in [9.17, 15) is 4.79 Å². The molecular weight excluding hydrogens is 400 g/mol. The van der Waals surface area contributed by atoms with E-state index in [1.807, 2.05) is 30.3 Å². The Morgan fingerprint density at radius 3 is 2.31 bits per heavy atom. The van der Waals surface area contributed by atoms with E-state index in [2.05, 4.69) is 24.3 Å². The highest BCUT2D eigenvalue weighted by Gasteiger charge is 2.18. The van der Waals surface area contributed by atoms with Crippen molar-refractivity contribution in [2.75, 3.05) is 14.2 Å². The lowest BCUT2D eigenvalue weighted by Gasteiger charge is -2.23. The van der Waals surface area contributed by atoms with Gasteiger partial charge in [0, 0.05) is 6.07 Å². The highest BCUT2D eigenvalue weighted by atomic mass is 16.5. The Labute approximate surface area is 189 Å². The summed E-state index contributed by atoms with van der Waals surface area (Å²) in [6.45, 7) is 0. The van der Waals surface area contributed by atoms with Gasteiger partial charge in [-0.3, -0.25) is 0 Å². The minimum absolute atomic E-state index is 0.324. The van der Waals surface area contributed by atoms with Crippen LogP contribution in [0.5, 0.6) is 11.5 Å². The van der Waals surface area contributed by atoms with Gasteiger partial charge in [-0.25, -0.2) is 4.79 Å². The number of aryl methyl sites for hydroxylation is 3. The van der Waals surface area contributed by atoms with Crippen molar-refractivity contribution in [1.82, 2.24) is 0 Å². The second-order valence-corrected chi connectivity index (χ2v) is 8.12. The van der Waals surface area contributed by atoms with Crippen molar-refractivity contribution in [3.8, 4) is 11.5 Å². The third-order valence-corrected chi connectivity index (χ3v) is 6.05. The van der Waals surface area contributed by atoms with Crippen LogP contribution in [0.25, 0.3) is 11.6 Å². The van der Waals surface area contributed by atoms with Crippen molar-refractivity contribution in [3.63, 3.8) is 0 Å². The van der Waals surface area contributed by atoms with Crippen molar-refractivity contribution in [1.29, 1.82) is 0 Å². The van der Waals surface area contributed by atoms with Gasteiger partial charge in [0.2, 0.25) is 0 Å². The van der Waals surface area contributed by atoms with Crippen LogP contribution in [0.2, 0.25) is 0 Å². The SMILES string of the molecule is COc1cc(/C=C2\CCCc3cccc(CCc4ccc(C(=O)O)cc4)c32)cc(OC)c1. The van der Waals surface area contributed by atoms with Gasteiger partial charge in [0.05, 0.1) is 19.8 Å². The average Bonchev–Trinajstić information content (AvgIpc) is 2.82. The predicted octanol–water partition coefficient (Wildman–Crippen LogP) is 6.06. The van der Waals surface area contributed by atoms with Gasteiger partial charge in [-0.15, -0.1) is 0 Å². The Kier molecular flexibility index (Phi) is 6.60. The maximum atomic E-state index is 11.1. The van der Waals surface area contributed by atoms with Crippen LogP contribution in [-0.4, -0.2) is 25.3 Å². The maximum absolute atomic E-state index is 11.1. The highest BCUT2D eigenvalue weighted by molar-refractivity contribution is 5.87. The summed E-state index contributed by atoms with van der Waals surface area (Å²) in [6, 6.07) is 19.8. The summed E-state index contributed by atoms with van der Waals surface area (Å²) in [5, 5.41) is 9.11. The molecule has 0 amide bonds. The maximum Gasteiger partial charge on any atom is 0.335 e. The first-order valence-electron chi connectivity index (χ1n) is 10.9. The lowest BCUT2D eigenvalue weighted by Crippen LogP contribution is -2.07. The molecule has 3 aromatic carbocycles. The predicted molar refractivity (Wildman–Crippen MR) is 128 cm³/mol. The summed E-state index contributed by atoms with van der Waals surface area (Å²) < 4.78 is 10.9. The summed E-state index contributed by atoms with van der Waals surface area (Å²) >= 11 is 0. The molecule has 0 unspecified atom stereocenters. The number of carboxylic acids is 1. The number of methoxy groups -OCH3 is 2. The van der Waals surface area contributed by atoms with Crippen LogP contribution in [0.4, 0.5) is 0 Å². The standard InChI is InChI=1S/C28H28O4/c1-31-25-16-20(17-26(18-25)32-2)15-24-8-4-6-21-5-3-7-22(27(21)24)12-9-19-10-13-23(14-11-19)28(29)30/h3,5,7,10-11,13-18H,4,6,8-9,12H2,1-2H3,(H,29,30)/b24-15+. The molecule has 1 N–H and O–H groups in total. The Morgan fingerprint density at radius 2 is 1.66 bits per heavy atom. The number of fused-ring (bicyclic) bond motifs is 1. The van der Waals surface area contributed by atoms with Gasteiger partial charge in [-0.1, -0.05) is 36.4 Å². The van der Waals surface area contributed by atoms with E-state index in [-0.39, 0.29) is 0 Å². The lowest BCUT2D eigenvalue weighted by molar-refractivity contribution is 0.0697. The Balaban J connectivity index is 1.64. The molecule has 0 bridgehead atoms. The fraction of sp³-hybridized carbons (Fsp3) is 0.250. The second kappa shape index (κ2) is 9.73. The van der Waals surface area contributed by atoms with Crippen molar-refractivity contribution >= 4 is 17.6 Å². The molecule has 0 fully saturated rings. The lowest BCUT2D eigenvalue weighted by atomic mass is 9.82. The van der Waals surface area contributed by atoms with Crippen LogP contribution in [0.15, 0.2) is 60.7 Å². The summed E-state index contributed by atoms with van der Waals surface area (Å²) in [7, 11) is 3.34. The van der Waals surface area contributed by atoms with E-state index in [0.29, 0.717) is 5.56 Å². The van der Waals surface area contributed by atoms with Crippen molar-refractivity contribution < 1.29 is 19.4 Å². The van der Waals surface area contributed by atoms with Gasteiger partial charge in [0.15, 0.2) is 0 Å². The normalized spacial score (nSPS) is 14.1. The number of rotatable bonds is 7. The number of carbonyl (C=O) groups is 1. The van der Waals surface area contributed by atoms with Crippen molar-refractivity contribution in [2.24, 2.45) is 0 Å². The second-order valence-electron chi connectivity index (χ2n) is 8.12. The highest BCUT2D eigenvalue weighted by Crippen LogP contribution is 2.36. The van der Waals surface area contributed by atoms with E-state index in [0.717, 1.165) is 54.7 Å². The molecule has 0 saturated carbocycles. The number of hydrogen-bond acceptors (Lipinski definition) is 3. The molecule has 3 aromatic rings. The number of benzene rings is 3. The van der Waals surface area contributed by atoms with Gasteiger partial charge in [0.1, 0.15) is 11.5 Å². The summed E-state index contributed by atoms with van der Waals surface area (Å²) in [6.07, 6.45) is 7.31. The zero-order valence-corrected chi connectivity index (χ0v) is 18.6. The average molecular weight is 429 g/mol. The molecule has 4 rings (SSSR count). The molecule has 4 heteroatoms. The quantitative estimate of drug-likeness (QED) is 0.497. The molecule has 1 aliphatic carbocycles. The monoisotopic (exact) mass is 428 g/mol. The van der Waals surface area contributed by atoms with E-state index in [4.69, 9.17) is 14.6 Å². The van der Waals surface area contributed by atoms with Crippen LogP contribution in [0, 0.1) is 0 Å². The summed E-state index contributed by atoms with van der Waals surface area (Å²) in [5.41, 5.74) is 7.99. The molecule has 0 atom stereocenters. The minimum atomic E-state index is -0.891. The van der Waals surface area contributed by atoms with Crippen LogP contribution >= 0.6 is 0 Å². The van der Waals surface area contributed by atoms with Crippen molar-refractivity contribution in [3.05, 3.63) is 94.0 Å². The van der Waals surface area contributed by atoms with Crippen LogP contribution in [-0.2, 0) is 19.3 Å². The zero-order valence-electron chi connectivity index (χ0n) is 18.6. The van der Waals surface area contributed by atoms with E-state index >= 15 is 0 Å². The molecule has 0 saturated heterocycles. The molecule has 4 nitrogen and oxygen atoms in total. The van der Waals surface area contributed by atoms with Gasteiger partial charge >= 0.3 is 5.97 Å². The molecule has 0 heterocycles. The minimum Gasteiger partial charge on any atom is -0.497 e. The molecule has 32 heavy (non-hydrogen) atoms.